The van der Waals surface area contributed by atoms with Gasteiger partial charge in [0.05, 0.1) is 0 Å². The van der Waals surface area contributed by atoms with E-state index in [2.05, 4.69) is 10.3 Å². The summed E-state index contributed by atoms with van der Waals surface area (Å²) in [7, 11) is 0. The van der Waals surface area contributed by atoms with Gasteiger partial charge < -0.3 is 14.8 Å². The average molecular weight is 298 g/mol. The van der Waals surface area contributed by atoms with E-state index >= 15 is 0 Å². The molecule has 0 radical (unpaired) electrons. The second kappa shape index (κ2) is 7.04. The molecule has 114 valence electrons. The Bertz CT molecular complexity index is 625. The predicted molar refractivity (Wildman–Crippen MR) is 83.0 cm³/mol. The molecule has 1 aromatic carbocycles. The Hall–Kier alpha value is -2.40. The third-order valence-corrected chi connectivity index (χ3v) is 3.41. The summed E-state index contributed by atoms with van der Waals surface area (Å²) in [5.41, 5.74) is 0. The van der Waals surface area contributed by atoms with Crippen LogP contribution in [0.25, 0.3) is 0 Å². The number of hydrogen-bond donors (Lipinski definition) is 1. The van der Waals surface area contributed by atoms with E-state index in [1.54, 1.807) is 18.2 Å². The van der Waals surface area contributed by atoms with E-state index in [-0.39, 0.29) is 12.0 Å². The Morgan fingerprint density at radius 3 is 2.77 bits per heavy atom. The number of carbonyl (C=O) groups is 1. The lowest BCUT2D eigenvalue weighted by atomic mass is 10.1. The molecule has 1 amide bonds. The van der Waals surface area contributed by atoms with Crippen LogP contribution in [0.4, 0.5) is 5.82 Å². The quantitative estimate of drug-likeness (QED) is 0.940. The van der Waals surface area contributed by atoms with Crippen LogP contribution < -0.4 is 10.1 Å². The number of rotatable bonds is 4. The molecule has 1 atom stereocenters. The van der Waals surface area contributed by atoms with E-state index in [1.807, 2.05) is 30.3 Å². The topological polar surface area (TPSA) is 60.5 Å². The lowest BCUT2D eigenvalue weighted by Gasteiger charge is -2.21. The molecule has 0 bridgehead atoms. The van der Waals surface area contributed by atoms with Crippen LogP contribution in [-0.4, -0.2) is 23.6 Å². The second-order valence-corrected chi connectivity index (χ2v) is 5.12. The summed E-state index contributed by atoms with van der Waals surface area (Å²) in [6.07, 6.45) is 2.41. The number of para-hydroxylation sites is 1. The van der Waals surface area contributed by atoms with Crippen molar-refractivity contribution in [2.24, 2.45) is 0 Å². The van der Waals surface area contributed by atoms with Crippen molar-refractivity contribution < 1.29 is 14.3 Å². The highest BCUT2D eigenvalue weighted by atomic mass is 16.5. The van der Waals surface area contributed by atoms with Crippen molar-refractivity contribution in [3.05, 3.63) is 48.5 Å². The molecule has 22 heavy (non-hydrogen) atoms. The molecule has 0 spiro atoms. The molecule has 1 N–H and O–H groups in total. The largest absolute Gasteiger partial charge is 0.439 e. The zero-order chi connectivity index (χ0) is 15.2. The Balaban J connectivity index is 1.64. The van der Waals surface area contributed by atoms with Crippen LogP contribution in [0.5, 0.6) is 11.6 Å². The fraction of sp³-hybridized carbons (Fsp3) is 0.294. The number of anilines is 1. The maximum Gasteiger partial charge on any atom is 0.254 e. The summed E-state index contributed by atoms with van der Waals surface area (Å²) in [5, 5.41) is 2.78. The molecular weight excluding hydrogens is 280 g/mol. The second-order valence-electron chi connectivity index (χ2n) is 5.12. The van der Waals surface area contributed by atoms with E-state index in [1.165, 1.54) is 0 Å². The van der Waals surface area contributed by atoms with E-state index in [4.69, 9.17) is 9.47 Å². The summed E-state index contributed by atoms with van der Waals surface area (Å²) in [4.78, 5) is 16.4. The van der Waals surface area contributed by atoms with Crippen molar-refractivity contribution in [3.8, 4) is 11.6 Å². The molecule has 1 aliphatic rings. The highest BCUT2D eigenvalue weighted by Gasteiger charge is 2.22. The van der Waals surface area contributed by atoms with Gasteiger partial charge in [-0.25, -0.2) is 0 Å². The first-order chi connectivity index (χ1) is 10.8. The number of nitrogens with one attached hydrogen (secondary N) is 1. The number of amides is 1. The third-order valence-electron chi connectivity index (χ3n) is 3.41. The van der Waals surface area contributed by atoms with Crippen molar-refractivity contribution in [2.75, 3.05) is 11.9 Å². The first kappa shape index (κ1) is 14.5. The number of hydrogen-bond acceptors (Lipinski definition) is 4. The van der Waals surface area contributed by atoms with E-state index < -0.39 is 0 Å². The van der Waals surface area contributed by atoms with Gasteiger partial charge in [-0.15, -0.1) is 0 Å². The van der Waals surface area contributed by atoms with Crippen LogP contribution in [-0.2, 0) is 9.53 Å². The lowest BCUT2D eigenvalue weighted by molar-refractivity contribution is -0.130. The summed E-state index contributed by atoms with van der Waals surface area (Å²) in [6.45, 7) is 0.642. The minimum Gasteiger partial charge on any atom is -0.439 e. The number of nitrogens with zero attached hydrogens (tertiary/aromatic N) is 1. The highest BCUT2D eigenvalue weighted by Crippen LogP contribution is 2.21. The van der Waals surface area contributed by atoms with Gasteiger partial charge in [-0.1, -0.05) is 24.3 Å². The Morgan fingerprint density at radius 2 is 2.00 bits per heavy atom. The third kappa shape index (κ3) is 3.83. The van der Waals surface area contributed by atoms with Crippen molar-refractivity contribution in [1.29, 1.82) is 0 Å². The van der Waals surface area contributed by atoms with Crippen molar-refractivity contribution in [3.63, 3.8) is 0 Å². The lowest BCUT2D eigenvalue weighted by Crippen LogP contribution is -2.33. The summed E-state index contributed by atoms with van der Waals surface area (Å²) < 4.78 is 11.1. The predicted octanol–water partition coefficient (Wildman–Crippen LogP) is 3.38. The van der Waals surface area contributed by atoms with Crippen LogP contribution in [0.15, 0.2) is 48.5 Å². The number of ether oxygens (including phenoxy) is 2. The zero-order valence-corrected chi connectivity index (χ0v) is 12.2. The van der Waals surface area contributed by atoms with Crippen LogP contribution in [0.2, 0.25) is 0 Å². The minimum absolute atomic E-state index is 0.149. The van der Waals surface area contributed by atoms with E-state index in [9.17, 15) is 4.79 Å². The molecule has 2 heterocycles. The van der Waals surface area contributed by atoms with Gasteiger partial charge in [0.2, 0.25) is 5.88 Å². The number of benzene rings is 1. The van der Waals surface area contributed by atoms with Crippen molar-refractivity contribution in [2.45, 2.75) is 25.4 Å². The van der Waals surface area contributed by atoms with Gasteiger partial charge in [0.15, 0.2) is 0 Å². The molecule has 1 aromatic heterocycles. The molecule has 3 rings (SSSR count). The molecule has 0 saturated carbocycles. The van der Waals surface area contributed by atoms with Gasteiger partial charge in [0, 0.05) is 12.7 Å². The van der Waals surface area contributed by atoms with Gasteiger partial charge in [0.1, 0.15) is 17.7 Å². The Morgan fingerprint density at radius 1 is 1.14 bits per heavy atom. The monoisotopic (exact) mass is 298 g/mol. The smallest absolute Gasteiger partial charge is 0.254 e. The van der Waals surface area contributed by atoms with E-state index in [0.717, 1.165) is 19.3 Å². The van der Waals surface area contributed by atoms with E-state index in [0.29, 0.717) is 24.1 Å². The van der Waals surface area contributed by atoms with Crippen molar-refractivity contribution in [1.82, 2.24) is 4.98 Å². The molecule has 1 unspecified atom stereocenters. The Labute approximate surface area is 129 Å². The van der Waals surface area contributed by atoms with Crippen LogP contribution in [0, 0.1) is 0 Å². The summed E-state index contributed by atoms with van der Waals surface area (Å²) in [5.74, 6) is 1.46. The van der Waals surface area contributed by atoms with Crippen LogP contribution in [0.1, 0.15) is 19.3 Å². The number of pyridine rings is 1. The first-order valence-electron chi connectivity index (χ1n) is 7.44. The number of carbonyl (C=O) groups excluding carboxylic acids is 1. The molecule has 0 aliphatic carbocycles. The molecule has 2 aromatic rings. The molecule has 1 aliphatic heterocycles. The molecular formula is C17H18N2O3. The van der Waals surface area contributed by atoms with Gasteiger partial charge in [-0.2, -0.15) is 4.98 Å². The SMILES string of the molecule is O=C(Nc1cccc(Oc2ccccc2)n1)C1CCCCO1. The standard InChI is InChI=1S/C17H18N2O3/c20-17(14-9-4-5-12-21-14)19-15-10-6-11-16(18-15)22-13-7-2-1-3-8-13/h1-3,6-8,10-11,14H,4-5,9,12H2,(H,18,19,20). The van der Waals surface area contributed by atoms with Gasteiger partial charge in [-0.3, -0.25) is 4.79 Å². The fourth-order valence-corrected chi connectivity index (χ4v) is 2.30. The maximum atomic E-state index is 12.1. The Kier molecular flexibility index (Phi) is 4.65. The minimum atomic E-state index is -0.380. The number of aromatic nitrogens is 1. The summed E-state index contributed by atoms with van der Waals surface area (Å²) in [6, 6.07) is 14.7. The van der Waals surface area contributed by atoms with Crippen LogP contribution >= 0.6 is 0 Å². The maximum absolute atomic E-state index is 12.1. The highest BCUT2D eigenvalue weighted by molar-refractivity contribution is 5.93. The fourth-order valence-electron chi connectivity index (χ4n) is 2.30. The zero-order valence-electron chi connectivity index (χ0n) is 12.2. The van der Waals surface area contributed by atoms with Crippen molar-refractivity contribution >= 4 is 11.7 Å². The summed E-state index contributed by atoms with van der Waals surface area (Å²) >= 11 is 0. The van der Waals surface area contributed by atoms with Gasteiger partial charge in [-0.05, 0) is 37.5 Å². The van der Waals surface area contributed by atoms with Crippen LogP contribution in [0.3, 0.4) is 0 Å². The molecule has 1 saturated heterocycles. The molecule has 1 fully saturated rings. The first-order valence-corrected chi connectivity index (χ1v) is 7.44. The molecule has 5 nitrogen and oxygen atoms in total. The van der Waals surface area contributed by atoms with Gasteiger partial charge >= 0.3 is 0 Å². The average Bonchev–Trinajstić information content (AvgIpc) is 2.57. The van der Waals surface area contributed by atoms with Gasteiger partial charge in [0.25, 0.3) is 5.91 Å². The molecule has 5 heteroatoms. The normalized spacial score (nSPS) is 17.7.